The van der Waals surface area contributed by atoms with Crippen LogP contribution in [0.2, 0.25) is 0 Å². The SMILES string of the molecule is O=C(O)COC(=S)c1ccccc1. The van der Waals surface area contributed by atoms with Crippen molar-refractivity contribution >= 4 is 23.2 Å². The van der Waals surface area contributed by atoms with E-state index in [0.717, 1.165) is 5.56 Å². The standard InChI is InChI=1S/C9H8O3S/c10-8(11)6-12-9(13)7-4-2-1-3-5-7/h1-5H,6H2,(H,10,11). The van der Waals surface area contributed by atoms with E-state index in [4.69, 9.17) is 22.1 Å². The highest BCUT2D eigenvalue weighted by Crippen LogP contribution is 2.02. The van der Waals surface area contributed by atoms with Gasteiger partial charge in [-0.2, -0.15) is 0 Å². The Balaban J connectivity index is 2.54. The van der Waals surface area contributed by atoms with Crippen LogP contribution in [-0.4, -0.2) is 22.7 Å². The molecule has 68 valence electrons. The van der Waals surface area contributed by atoms with E-state index >= 15 is 0 Å². The van der Waals surface area contributed by atoms with Gasteiger partial charge in [0.15, 0.2) is 11.7 Å². The maximum Gasteiger partial charge on any atom is 0.341 e. The largest absolute Gasteiger partial charge is 0.479 e. The summed E-state index contributed by atoms with van der Waals surface area (Å²) < 4.78 is 4.82. The average Bonchev–Trinajstić information content (AvgIpc) is 2.15. The molecule has 0 saturated carbocycles. The van der Waals surface area contributed by atoms with Crippen molar-refractivity contribution in [3.05, 3.63) is 35.9 Å². The van der Waals surface area contributed by atoms with E-state index in [0.29, 0.717) is 0 Å². The Morgan fingerprint density at radius 2 is 2.00 bits per heavy atom. The van der Waals surface area contributed by atoms with Gasteiger partial charge in [-0.25, -0.2) is 4.79 Å². The first-order valence-corrected chi connectivity index (χ1v) is 4.05. The summed E-state index contributed by atoms with van der Waals surface area (Å²) in [6.45, 7) is -0.395. The Morgan fingerprint density at radius 3 is 2.54 bits per heavy atom. The second kappa shape index (κ2) is 4.57. The summed E-state index contributed by atoms with van der Waals surface area (Å²) in [5.41, 5.74) is 0.721. The minimum atomic E-state index is -1.03. The molecule has 3 nitrogen and oxygen atoms in total. The number of hydrogen-bond donors (Lipinski definition) is 1. The number of hydrogen-bond acceptors (Lipinski definition) is 3. The molecule has 1 rings (SSSR count). The van der Waals surface area contributed by atoms with Gasteiger partial charge in [-0.3, -0.25) is 0 Å². The molecule has 1 aromatic rings. The Kier molecular flexibility index (Phi) is 3.40. The zero-order chi connectivity index (χ0) is 9.68. The third-order valence-electron chi connectivity index (χ3n) is 1.34. The minimum absolute atomic E-state index is 0.211. The van der Waals surface area contributed by atoms with Crippen LogP contribution in [0.5, 0.6) is 0 Å². The summed E-state index contributed by atoms with van der Waals surface area (Å²) in [4.78, 5) is 10.2. The van der Waals surface area contributed by atoms with E-state index in [1.165, 1.54) is 0 Å². The molecule has 4 heteroatoms. The van der Waals surface area contributed by atoms with Crippen molar-refractivity contribution in [3.63, 3.8) is 0 Å². The van der Waals surface area contributed by atoms with Gasteiger partial charge in [0, 0.05) is 5.56 Å². The first-order chi connectivity index (χ1) is 6.20. The fourth-order valence-corrected chi connectivity index (χ4v) is 0.980. The molecule has 0 atom stereocenters. The molecule has 13 heavy (non-hydrogen) atoms. The number of carbonyl (C=O) groups is 1. The van der Waals surface area contributed by atoms with E-state index in [1.54, 1.807) is 12.1 Å². The Morgan fingerprint density at radius 1 is 1.38 bits per heavy atom. The van der Waals surface area contributed by atoms with E-state index in [2.05, 4.69) is 0 Å². The molecular weight excluding hydrogens is 188 g/mol. The van der Waals surface area contributed by atoms with Crippen molar-refractivity contribution in [2.75, 3.05) is 6.61 Å². The Bertz CT molecular complexity index is 308. The summed E-state index contributed by atoms with van der Waals surface area (Å²) in [6.07, 6.45) is 0. The van der Waals surface area contributed by atoms with E-state index in [9.17, 15) is 4.79 Å². The third-order valence-corrected chi connectivity index (χ3v) is 1.69. The highest BCUT2D eigenvalue weighted by Gasteiger charge is 2.03. The predicted octanol–water partition coefficient (Wildman–Crippen LogP) is 1.46. The monoisotopic (exact) mass is 196 g/mol. The number of carboxylic acids is 1. The maximum absolute atomic E-state index is 10.2. The topological polar surface area (TPSA) is 46.5 Å². The lowest BCUT2D eigenvalue weighted by molar-refractivity contribution is -0.139. The Labute approximate surface area is 81.0 Å². The number of ether oxygens (including phenoxy) is 1. The molecule has 0 aromatic heterocycles. The minimum Gasteiger partial charge on any atom is -0.479 e. The van der Waals surface area contributed by atoms with Gasteiger partial charge in [0.1, 0.15) is 0 Å². The van der Waals surface area contributed by atoms with Crippen molar-refractivity contribution in [1.29, 1.82) is 0 Å². The van der Waals surface area contributed by atoms with Gasteiger partial charge in [0.25, 0.3) is 0 Å². The normalized spacial score (nSPS) is 9.23. The van der Waals surface area contributed by atoms with Crippen LogP contribution in [0.1, 0.15) is 5.56 Å². The molecule has 1 aromatic carbocycles. The van der Waals surface area contributed by atoms with Crippen LogP contribution in [0.15, 0.2) is 30.3 Å². The summed E-state index contributed by atoms with van der Waals surface area (Å²) in [7, 11) is 0. The second-order valence-electron chi connectivity index (χ2n) is 2.34. The smallest absolute Gasteiger partial charge is 0.341 e. The van der Waals surface area contributed by atoms with Gasteiger partial charge in [0.2, 0.25) is 0 Å². The van der Waals surface area contributed by atoms with Gasteiger partial charge in [-0.05, 0) is 12.2 Å². The van der Waals surface area contributed by atoms with E-state index in [-0.39, 0.29) is 5.05 Å². The van der Waals surface area contributed by atoms with Crippen molar-refractivity contribution < 1.29 is 14.6 Å². The summed E-state index contributed by atoms with van der Waals surface area (Å²) in [5, 5.41) is 8.54. The fourth-order valence-electron chi connectivity index (χ4n) is 0.785. The molecule has 1 N–H and O–H groups in total. The molecule has 0 heterocycles. The highest BCUT2D eigenvalue weighted by molar-refractivity contribution is 7.80. The second-order valence-corrected chi connectivity index (χ2v) is 2.71. The number of benzene rings is 1. The van der Waals surface area contributed by atoms with E-state index < -0.39 is 12.6 Å². The first kappa shape index (κ1) is 9.67. The van der Waals surface area contributed by atoms with Crippen LogP contribution in [-0.2, 0) is 9.53 Å². The molecule has 0 unspecified atom stereocenters. The van der Waals surface area contributed by atoms with Gasteiger partial charge in [-0.15, -0.1) is 0 Å². The van der Waals surface area contributed by atoms with Crippen LogP contribution in [0, 0.1) is 0 Å². The lowest BCUT2D eigenvalue weighted by Gasteiger charge is -2.03. The zero-order valence-corrected chi connectivity index (χ0v) is 7.58. The number of carboxylic acid groups (broad SMARTS) is 1. The third kappa shape index (κ3) is 3.21. The molecule has 0 spiro atoms. The summed E-state index contributed by atoms with van der Waals surface area (Å²) in [5.74, 6) is -1.03. The van der Waals surface area contributed by atoms with Crippen molar-refractivity contribution in [2.45, 2.75) is 0 Å². The molecule has 0 fully saturated rings. The van der Waals surface area contributed by atoms with Crippen LogP contribution in [0.25, 0.3) is 0 Å². The van der Waals surface area contributed by atoms with Gasteiger partial charge in [0.05, 0.1) is 0 Å². The van der Waals surface area contributed by atoms with Crippen molar-refractivity contribution in [3.8, 4) is 0 Å². The number of aliphatic carboxylic acids is 1. The first-order valence-electron chi connectivity index (χ1n) is 3.64. The van der Waals surface area contributed by atoms with E-state index in [1.807, 2.05) is 18.2 Å². The average molecular weight is 196 g/mol. The molecule has 0 aliphatic heterocycles. The summed E-state index contributed by atoms with van der Waals surface area (Å²) in [6, 6.07) is 9.01. The highest BCUT2D eigenvalue weighted by atomic mass is 32.1. The number of rotatable bonds is 3. The molecule has 0 aliphatic carbocycles. The van der Waals surface area contributed by atoms with Crippen LogP contribution in [0.4, 0.5) is 0 Å². The lowest BCUT2D eigenvalue weighted by Crippen LogP contribution is -2.11. The van der Waals surface area contributed by atoms with Crippen LogP contribution >= 0.6 is 12.2 Å². The predicted molar refractivity (Wildman–Crippen MR) is 51.7 cm³/mol. The van der Waals surface area contributed by atoms with Crippen LogP contribution in [0.3, 0.4) is 0 Å². The molecular formula is C9H8O3S. The van der Waals surface area contributed by atoms with Crippen molar-refractivity contribution in [2.24, 2.45) is 0 Å². The molecule has 0 radical (unpaired) electrons. The summed E-state index contributed by atoms with van der Waals surface area (Å²) >= 11 is 4.85. The molecule has 0 aliphatic rings. The molecule has 0 amide bonds. The van der Waals surface area contributed by atoms with Crippen LogP contribution < -0.4 is 0 Å². The van der Waals surface area contributed by atoms with Gasteiger partial charge < -0.3 is 9.84 Å². The lowest BCUT2D eigenvalue weighted by atomic mass is 10.2. The number of thiocarbonyl (C=S) groups is 1. The fraction of sp³-hybridized carbons (Fsp3) is 0.111. The maximum atomic E-state index is 10.2. The molecule has 0 saturated heterocycles. The van der Waals surface area contributed by atoms with Crippen molar-refractivity contribution in [1.82, 2.24) is 0 Å². The zero-order valence-electron chi connectivity index (χ0n) is 6.77. The van der Waals surface area contributed by atoms with Gasteiger partial charge >= 0.3 is 5.97 Å². The quantitative estimate of drug-likeness (QED) is 0.743. The van der Waals surface area contributed by atoms with Gasteiger partial charge in [-0.1, -0.05) is 30.3 Å². The Hall–Kier alpha value is -1.42. The molecule has 0 bridgehead atoms.